The summed E-state index contributed by atoms with van der Waals surface area (Å²) < 4.78 is 5.15. The molecule has 2 saturated carbocycles. The van der Waals surface area contributed by atoms with E-state index in [1.807, 2.05) is 6.92 Å². The van der Waals surface area contributed by atoms with Crippen LogP contribution in [0.1, 0.15) is 65.7 Å². The minimum absolute atomic E-state index is 0.00391. The number of aliphatic carboxylic acids is 1. The van der Waals surface area contributed by atoms with E-state index in [-0.39, 0.29) is 11.4 Å². The van der Waals surface area contributed by atoms with Gasteiger partial charge in [-0.2, -0.15) is 0 Å². The number of esters is 1. The van der Waals surface area contributed by atoms with E-state index in [1.165, 1.54) is 12.7 Å². The second kappa shape index (κ2) is 5.60. The maximum Gasteiger partial charge on any atom is 0.311 e. The van der Waals surface area contributed by atoms with Gasteiger partial charge in [-0.05, 0) is 69.6 Å². The minimum Gasteiger partial charge on any atom is -0.481 e. The molecular weight excluding hydrogens is 304 g/mol. The first kappa shape index (κ1) is 17.5. The van der Waals surface area contributed by atoms with Crippen LogP contribution in [0.3, 0.4) is 0 Å². The number of fused-ring (bicyclic) bond motifs is 3. The Morgan fingerprint density at radius 1 is 1.21 bits per heavy atom. The average Bonchev–Trinajstić information content (AvgIpc) is 2.53. The summed E-state index contributed by atoms with van der Waals surface area (Å²) in [4.78, 5) is 24.2. The van der Waals surface area contributed by atoms with Crippen LogP contribution in [0.25, 0.3) is 0 Å². The highest BCUT2D eigenvalue weighted by atomic mass is 16.5. The molecule has 0 saturated heterocycles. The van der Waals surface area contributed by atoms with Crippen molar-refractivity contribution in [2.24, 2.45) is 28.1 Å². The zero-order valence-electron chi connectivity index (χ0n) is 15.4. The van der Waals surface area contributed by atoms with Crippen LogP contribution < -0.4 is 0 Å². The van der Waals surface area contributed by atoms with E-state index in [0.717, 1.165) is 38.5 Å². The summed E-state index contributed by atoms with van der Waals surface area (Å²) in [5.74, 6) is -0.124. The number of hydrogen-bond acceptors (Lipinski definition) is 3. The van der Waals surface area contributed by atoms with Crippen LogP contribution in [-0.4, -0.2) is 24.2 Å². The van der Waals surface area contributed by atoms with Gasteiger partial charge >= 0.3 is 11.9 Å². The number of methoxy groups -OCH3 is 1. The number of carbonyl (C=O) groups excluding carboxylic acids is 1. The van der Waals surface area contributed by atoms with Gasteiger partial charge < -0.3 is 9.84 Å². The van der Waals surface area contributed by atoms with Crippen LogP contribution in [0.4, 0.5) is 0 Å². The average molecular weight is 334 g/mol. The Morgan fingerprint density at radius 3 is 2.54 bits per heavy atom. The van der Waals surface area contributed by atoms with Gasteiger partial charge in [-0.15, -0.1) is 0 Å². The first-order valence-corrected chi connectivity index (χ1v) is 9.20. The Bertz CT molecular complexity index is 594. The van der Waals surface area contributed by atoms with Crippen LogP contribution in [0.5, 0.6) is 0 Å². The van der Waals surface area contributed by atoms with Crippen molar-refractivity contribution in [3.63, 3.8) is 0 Å². The molecule has 0 radical (unpaired) electrons. The molecule has 0 unspecified atom stereocenters. The quantitative estimate of drug-likeness (QED) is 0.607. The molecule has 0 aromatic rings. The normalized spacial score (nSPS) is 44.8. The number of allylic oxidation sites excluding steroid dienone is 2. The number of hydrogen-bond donors (Lipinski definition) is 1. The van der Waals surface area contributed by atoms with Crippen molar-refractivity contribution in [2.45, 2.75) is 65.7 Å². The van der Waals surface area contributed by atoms with Gasteiger partial charge in [0.1, 0.15) is 0 Å². The molecule has 134 valence electrons. The predicted molar refractivity (Wildman–Crippen MR) is 91.4 cm³/mol. The fourth-order valence-electron chi connectivity index (χ4n) is 6.07. The van der Waals surface area contributed by atoms with E-state index in [0.29, 0.717) is 18.3 Å². The first-order chi connectivity index (χ1) is 11.2. The lowest BCUT2D eigenvalue weighted by molar-refractivity contribution is -0.164. The standard InChI is InChI=1S/C20H30O4/c1-18(16(21)22)11-8-14-13(12-18)6-7-15-19(14,2)9-5-10-20(15,3)17(23)24-4/h8,13,15H,5-7,9-12H2,1-4H3,(H,21,22)/t13-,15+,18-,19+,20-/m1/s1. The highest BCUT2D eigenvalue weighted by Crippen LogP contribution is 2.63. The third kappa shape index (κ3) is 2.33. The third-order valence-electron chi connectivity index (χ3n) is 7.47. The zero-order chi connectivity index (χ0) is 17.8. The lowest BCUT2D eigenvalue weighted by atomic mass is 9.46. The molecule has 1 N–H and O–H groups in total. The summed E-state index contributed by atoms with van der Waals surface area (Å²) in [6, 6.07) is 0. The molecule has 5 atom stereocenters. The summed E-state index contributed by atoms with van der Waals surface area (Å²) in [6.45, 7) is 6.25. The molecule has 24 heavy (non-hydrogen) atoms. The Hall–Kier alpha value is -1.32. The van der Waals surface area contributed by atoms with Crippen molar-refractivity contribution in [1.29, 1.82) is 0 Å². The van der Waals surface area contributed by atoms with Gasteiger partial charge in [0.05, 0.1) is 17.9 Å². The Balaban J connectivity index is 1.98. The van der Waals surface area contributed by atoms with Crippen LogP contribution in [-0.2, 0) is 14.3 Å². The molecule has 0 aromatic carbocycles. The summed E-state index contributed by atoms with van der Waals surface area (Å²) >= 11 is 0. The molecule has 0 aromatic heterocycles. The summed E-state index contributed by atoms with van der Waals surface area (Å²) in [7, 11) is 1.49. The molecule has 0 heterocycles. The molecule has 0 bridgehead atoms. The SMILES string of the molecule is COC(=O)[C@]1(C)CCC[C@@]2(C)C3=CC[C@@](C)(C(=O)O)C[C@H]3CC[C@H]12. The Labute approximate surface area is 144 Å². The van der Waals surface area contributed by atoms with E-state index in [4.69, 9.17) is 4.74 Å². The van der Waals surface area contributed by atoms with Gasteiger partial charge in [0.25, 0.3) is 0 Å². The molecule has 0 spiro atoms. The number of ether oxygens (including phenoxy) is 1. The van der Waals surface area contributed by atoms with Crippen molar-refractivity contribution in [1.82, 2.24) is 0 Å². The van der Waals surface area contributed by atoms with Crippen molar-refractivity contribution < 1.29 is 19.4 Å². The smallest absolute Gasteiger partial charge is 0.311 e. The molecule has 3 aliphatic rings. The summed E-state index contributed by atoms with van der Waals surface area (Å²) in [5.41, 5.74) is 0.371. The lowest BCUT2D eigenvalue weighted by Crippen LogP contribution is -2.53. The minimum atomic E-state index is -0.687. The number of carbonyl (C=O) groups is 2. The van der Waals surface area contributed by atoms with Gasteiger partial charge in [0.15, 0.2) is 0 Å². The van der Waals surface area contributed by atoms with Crippen molar-refractivity contribution in [2.75, 3.05) is 7.11 Å². The fraction of sp³-hybridized carbons (Fsp3) is 0.800. The zero-order valence-corrected chi connectivity index (χ0v) is 15.4. The van der Waals surface area contributed by atoms with Crippen molar-refractivity contribution >= 4 is 11.9 Å². The maximum absolute atomic E-state index is 12.5. The second-order valence-electron chi connectivity index (χ2n) is 8.94. The fourth-order valence-corrected chi connectivity index (χ4v) is 6.07. The predicted octanol–water partition coefficient (Wildman–Crippen LogP) is 4.19. The molecule has 4 heteroatoms. The number of rotatable bonds is 2. The third-order valence-corrected chi connectivity index (χ3v) is 7.47. The number of carboxylic acid groups (broad SMARTS) is 1. The monoisotopic (exact) mass is 334 g/mol. The highest BCUT2D eigenvalue weighted by molar-refractivity contribution is 5.77. The molecule has 2 fully saturated rings. The van der Waals surface area contributed by atoms with Gasteiger partial charge in [-0.1, -0.05) is 25.0 Å². The Morgan fingerprint density at radius 2 is 1.92 bits per heavy atom. The van der Waals surface area contributed by atoms with Gasteiger partial charge in [0.2, 0.25) is 0 Å². The van der Waals surface area contributed by atoms with Crippen LogP contribution in [0, 0.1) is 28.1 Å². The van der Waals surface area contributed by atoms with Gasteiger partial charge in [-0.25, -0.2) is 0 Å². The van der Waals surface area contributed by atoms with Crippen LogP contribution in [0.15, 0.2) is 11.6 Å². The molecule has 0 aliphatic heterocycles. The van der Waals surface area contributed by atoms with Crippen molar-refractivity contribution in [3.8, 4) is 0 Å². The molecule has 0 amide bonds. The van der Waals surface area contributed by atoms with E-state index >= 15 is 0 Å². The molecule has 3 rings (SSSR count). The topological polar surface area (TPSA) is 63.6 Å². The molecular formula is C20H30O4. The first-order valence-electron chi connectivity index (χ1n) is 9.20. The Kier molecular flexibility index (Phi) is 4.09. The molecule has 4 nitrogen and oxygen atoms in total. The van der Waals surface area contributed by atoms with E-state index in [9.17, 15) is 14.7 Å². The highest BCUT2D eigenvalue weighted by Gasteiger charge is 2.58. The lowest BCUT2D eigenvalue weighted by Gasteiger charge is -2.58. The maximum atomic E-state index is 12.5. The van der Waals surface area contributed by atoms with E-state index in [1.54, 1.807) is 0 Å². The summed E-state index contributed by atoms with van der Waals surface area (Å²) in [6.07, 6.45) is 8.52. The second-order valence-corrected chi connectivity index (χ2v) is 8.94. The van der Waals surface area contributed by atoms with E-state index in [2.05, 4.69) is 19.9 Å². The van der Waals surface area contributed by atoms with Crippen LogP contribution >= 0.6 is 0 Å². The largest absolute Gasteiger partial charge is 0.481 e. The molecule has 3 aliphatic carbocycles. The summed E-state index contributed by atoms with van der Waals surface area (Å²) in [5, 5.41) is 9.58. The van der Waals surface area contributed by atoms with Crippen LogP contribution in [0.2, 0.25) is 0 Å². The van der Waals surface area contributed by atoms with Gasteiger partial charge in [0, 0.05) is 0 Å². The van der Waals surface area contributed by atoms with E-state index < -0.39 is 16.8 Å². The van der Waals surface area contributed by atoms with Gasteiger partial charge in [-0.3, -0.25) is 9.59 Å². The number of carboxylic acids is 1. The van der Waals surface area contributed by atoms with Crippen molar-refractivity contribution in [3.05, 3.63) is 11.6 Å².